The molecule has 108 valence electrons. The third kappa shape index (κ3) is 3.26. The second-order valence-electron chi connectivity index (χ2n) is 5.13. The Morgan fingerprint density at radius 2 is 2.20 bits per heavy atom. The van der Waals surface area contributed by atoms with Crippen LogP contribution >= 0.6 is 0 Å². The quantitative estimate of drug-likeness (QED) is 0.872. The minimum absolute atomic E-state index is 0.228. The smallest absolute Gasteiger partial charge is 0.317 e. The summed E-state index contributed by atoms with van der Waals surface area (Å²) in [5.41, 5.74) is 2.86. The van der Waals surface area contributed by atoms with Gasteiger partial charge < -0.3 is 15.3 Å². The van der Waals surface area contributed by atoms with Gasteiger partial charge in [0.05, 0.1) is 18.2 Å². The van der Waals surface area contributed by atoms with E-state index in [2.05, 4.69) is 10.3 Å². The van der Waals surface area contributed by atoms with Crippen molar-refractivity contribution < 1.29 is 14.7 Å². The van der Waals surface area contributed by atoms with E-state index < -0.39 is 11.9 Å². The molecule has 1 atom stereocenters. The van der Waals surface area contributed by atoms with Gasteiger partial charge in [0.25, 0.3) is 0 Å². The molecule has 1 aliphatic heterocycles. The van der Waals surface area contributed by atoms with Crippen LogP contribution in [0.3, 0.4) is 0 Å². The highest BCUT2D eigenvalue weighted by atomic mass is 16.4. The molecule has 6 nitrogen and oxygen atoms in total. The van der Waals surface area contributed by atoms with Crippen molar-refractivity contribution in [1.29, 1.82) is 0 Å². The van der Waals surface area contributed by atoms with Gasteiger partial charge in [0.2, 0.25) is 0 Å². The number of aryl methyl sites for hydroxylation is 2. The summed E-state index contributed by atoms with van der Waals surface area (Å²) < 4.78 is 0. The number of carboxylic acid groups (broad SMARTS) is 1. The van der Waals surface area contributed by atoms with E-state index in [1.165, 1.54) is 0 Å². The van der Waals surface area contributed by atoms with Crippen LogP contribution in [0.1, 0.15) is 23.4 Å². The lowest BCUT2D eigenvalue weighted by molar-refractivity contribution is -0.141. The Kier molecular flexibility index (Phi) is 4.22. The topological polar surface area (TPSA) is 82.5 Å². The molecule has 2 N–H and O–H groups in total. The van der Waals surface area contributed by atoms with E-state index in [-0.39, 0.29) is 12.6 Å². The second kappa shape index (κ2) is 5.90. The predicted octanol–water partition coefficient (Wildman–Crippen LogP) is 1.31. The van der Waals surface area contributed by atoms with Gasteiger partial charge in [-0.05, 0) is 31.9 Å². The Morgan fingerprint density at radius 3 is 2.80 bits per heavy atom. The first-order chi connectivity index (χ1) is 9.47. The SMILES string of the molecule is Cc1ccc(CNC(=O)N2CCC(C(=O)O)C2)nc1C. The maximum absolute atomic E-state index is 11.9. The van der Waals surface area contributed by atoms with Gasteiger partial charge in [0.1, 0.15) is 0 Å². The van der Waals surface area contributed by atoms with E-state index in [9.17, 15) is 9.59 Å². The van der Waals surface area contributed by atoms with Crippen LogP contribution in [0, 0.1) is 19.8 Å². The van der Waals surface area contributed by atoms with Crippen LogP contribution in [0.15, 0.2) is 12.1 Å². The molecule has 1 aromatic rings. The number of pyridine rings is 1. The zero-order valence-electron chi connectivity index (χ0n) is 11.7. The first-order valence-corrected chi connectivity index (χ1v) is 6.66. The first-order valence-electron chi connectivity index (χ1n) is 6.66. The van der Waals surface area contributed by atoms with E-state index in [0.29, 0.717) is 19.5 Å². The molecule has 1 fully saturated rings. The minimum Gasteiger partial charge on any atom is -0.481 e. The van der Waals surface area contributed by atoms with Gasteiger partial charge in [-0.25, -0.2) is 4.79 Å². The van der Waals surface area contributed by atoms with Crippen LogP contribution in [-0.2, 0) is 11.3 Å². The molecule has 0 aliphatic carbocycles. The van der Waals surface area contributed by atoms with Crippen molar-refractivity contribution in [3.05, 3.63) is 29.1 Å². The number of carbonyl (C=O) groups is 2. The van der Waals surface area contributed by atoms with E-state index >= 15 is 0 Å². The lowest BCUT2D eigenvalue weighted by Gasteiger charge is -2.16. The molecule has 6 heteroatoms. The number of aliphatic carboxylic acids is 1. The molecule has 1 aromatic heterocycles. The third-order valence-electron chi connectivity index (χ3n) is 3.65. The van der Waals surface area contributed by atoms with Crippen molar-refractivity contribution in [3.8, 4) is 0 Å². The molecular weight excluding hydrogens is 258 g/mol. The highest BCUT2D eigenvalue weighted by molar-refractivity contribution is 5.77. The average Bonchev–Trinajstić information content (AvgIpc) is 2.89. The summed E-state index contributed by atoms with van der Waals surface area (Å²) in [7, 11) is 0. The Morgan fingerprint density at radius 1 is 1.45 bits per heavy atom. The van der Waals surface area contributed by atoms with Gasteiger partial charge in [-0.3, -0.25) is 9.78 Å². The maximum Gasteiger partial charge on any atom is 0.317 e. The number of nitrogens with zero attached hydrogens (tertiary/aromatic N) is 2. The molecule has 0 saturated carbocycles. The summed E-state index contributed by atoms with van der Waals surface area (Å²) in [6, 6.07) is 3.63. The highest BCUT2D eigenvalue weighted by Gasteiger charge is 2.30. The molecule has 0 radical (unpaired) electrons. The normalized spacial score (nSPS) is 18.1. The monoisotopic (exact) mass is 277 g/mol. The van der Waals surface area contributed by atoms with Crippen LogP contribution in [0.5, 0.6) is 0 Å². The van der Waals surface area contributed by atoms with Crippen molar-refractivity contribution in [2.24, 2.45) is 5.92 Å². The molecule has 2 amide bonds. The predicted molar refractivity (Wildman–Crippen MR) is 73.3 cm³/mol. The summed E-state index contributed by atoms with van der Waals surface area (Å²) in [6.45, 7) is 5.04. The summed E-state index contributed by atoms with van der Waals surface area (Å²) in [6.07, 6.45) is 0.518. The van der Waals surface area contributed by atoms with Crippen LogP contribution in [0.4, 0.5) is 4.79 Å². The summed E-state index contributed by atoms with van der Waals surface area (Å²) in [5, 5.41) is 11.7. The van der Waals surface area contributed by atoms with Gasteiger partial charge in [-0.1, -0.05) is 6.07 Å². The number of urea groups is 1. The van der Waals surface area contributed by atoms with Crippen molar-refractivity contribution in [1.82, 2.24) is 15.2 Å². The lowest BCUT2D eigenvalue weighted by atomic mass is 10.1. The summed E-state index contributed by atoms with van der Waals surface area (Å²) in [5.74, 6) is -1.28. The maximum atomic E-state index is 11.9. The molecule has 2 rings (SSSR count). The zero-order chi connectivity index (χ0) is 14.7. The van der Waals surface area contributed by atoms with Crippen molar-refractivity contribution in [3.63, 3.8) is 0 Å². The van der Waals surface area contributed by atoms with Crippen LogP contribution in [0.2, 0.25) is 0 Å². The van der Waals surface area contributed by atoms with Gasteiger partial charge in [-0.15, -0.1) is 0 Å². The number of rotatable bonds is 3. The number of nitrogens with one attached hydrogen (secondary N) is 1. The number of carboxylic acids is 1. The van der Waals surface area contributed by atoms with E-state index in [4.69, 9.17) is 5.11 Å². The number of amides is 2. The molecule has 2 heterocycles. The Labute approximate surface area is 117 Å². The number of aromatic nitrogens is 1. The fourth-order valence-corrected chi connectivity index (χ4v) is 2.21. The molecule has 0 spiro atoms. The van der Waals surface area contributed by atoms with Crippen molar-refractivity contribution in [2.75, 3.05) is 13.1 Å². The van der Waals surface area contributed by atoms with Gasteiger partial charge in [0, 0.05) is 18.8 Å². The molecule has 1 unspecified atom stereocenters. The number of likely N-dealkylation sites (tertiary alicyclic amines) is 1. The van der Waals surface area contributed by atoms with Crippen LogP contribution in [0.25, 0.3) is 0 Å². The van der Waals surface area contributed by atoms with Crippen LogP contribution < -0.4 is 5.32 Å². The Balaban J connectivity index is 1.86. The van der Waals surface area contributed by atoms with Crippen LogP contribution in [-0.4, -0.2) is 40.1 Å². The van der Waals surface area contributed by atoms with Gasteiger partial charge in [0.15, 0.2) is 0 Å². The Hall–Kier alpha value is -2.11. The number of carbonyl (C=O) groups excluding carboxylic acids is 1. The fraction of sp³-hybridized carbons (Fsp3) is 0.500. The number of hydrogen-bond donors (Lipinski definition) is 2. The second-order valence-corrected chi connectivity index (χ2v) is 5.13. The average molecular weight is 277 g/mol. The van der Waals surface area contributed by atoms with E-state index in [1.807, 2.05) is 26.0 Å². The van der Waals surface area contributed by atoms with Gasteiger partial charge in [-0.2, -0.15) is 0 Å². The van der Waals surface area contributed by atoms with Crippen molar-refractivity contribution >= 4 is 12.0 Å². The zero-order valence-corrected chi connectivity index (χ0v) is 11.7. The third-order valence-corrected chi connectivity index (χ3v) is 3.65. The standard InChI is InChI=1S/C14H19N3O3/c1-9-3-4-12(16-10(9)2)7-15-14(20)17-6-5-11(8-17)13(18)19/h3-4,11H,5-8H2,1-2H3,(H,15,20)(H,18,19). The molecule has 0 bridgehead atoms. The van der Waals surface area contributed by atoms with Crippen molar-refractivity contribution in [2.45, 2.75) is 26.8 Å². The molecular formula is C14H19N3O3. The number of hydrogen-bond acceptors (Lipinski definition) is 3. The lowest BCUT2D eigenvalue weighted by Crippen LogP contribution is -2.38. The fourth-order valence-electron chi connectivity index (χ4n) is 2.21. The van der Waals surface area contributed by atoms with Gasteiger partial charge >= 0.3 is 12.0 Å². The molecule has 20 heavy (non-hydrogen) atoms. The van der Waals surface area contributed by atoms with E-state index in [1.54, 1.807) is 4.90 Å². The highest BCUT2D eigenvalue weighted by Crippen LogP contribution is 2.16. The molecule has 1 saturated heterocycles. The largest absolute Gasteiger partial charge is 0.481 e. The first kappa shape index (κ1) is 14.3. The summed E-state index contributed by atoms with van der Waals surface area (Å²) in [4.78, 5) is 28.7. The van der Waals surface area contributed by atoms with E-state index in [0.717, 1.165) is 17.0 Å². The Bertz CT molecular complexity index is 530. The molecule has 0 aromatic carbocycles. The summed E-state index contributed by atoms with van der Waals surface area (Å²) >= 11 is 0. The molecule has 1 aliphatic rings. The minimum atomic E-state index is -0.837.